The number of nitrogens with zero attached hydrogens (tertiary/aromatic N) is 1. The van der Waals surface area contributed by atoms with Crippen molar-refractivity contribution in [3.05, 3.63) is 41.4 Å². The second-order valence-corrected chi connectivity index (χ2v) is 6.33. The van der Waals surface area contributed by atoms with E-state index >= 15 is 0 Å². The number of halogens is 1. The van der Waals surface area contributed by atoms with Crippen molar-refractivity contribution in [2.24, 2.45) is 23.7 Å². The van der Waals surface area contributed by atoms with Crippen LogP contribution in [0.4, 0.5) is 5.69 Å². The third-order valence-corrected chi connectivity index (χ3v) is 5.19. The summed E-state index contributed by atoms with van der Waals surface area (Å²) in [5.41, 5.74) is 0.734. The molecule has 4 rings (SSSR count). The van der Waals surface area contributed by atoms with Crippen LogP contribution < -0.4 is 5.32 Å². The molecule has 5 heteroatoms. The molecule has 0 radical (unpaired) electrons. The van der Waals surface area contributed by atoms with Gasteiger partial charge < -0.3 is 5.32 Å². The van der Waals surface area contributed by atoms with Crippen molar-refractivity contribution in [3.8, 4) is 0 Å². The third kappa shape index (κ3) is 1.82. The number of allylic oxidation sites excluding steroid dienone is 2. The van der Waals surface area contributed by atoms with E-state index in [2.05, 4.69) is 17.5 Å². The molecular formula is C16H15ClN2O2. The summed E-state index contributed by atoms with van der Waals surface area (Å²) in [5, 5.41) is 3.67. The topological polar surface area (TPSA) is 49.4 Å². The Bertz CT molecular complexity index is 627. The highest BCUT2D eigenvalue weighted by molar-refractivity contribution is 6.33. The molecule has 108 valence electrons. The predicted molar refractivity (Wildman–Crippen MR) is 79.5 cm³/mol. The van der Waals surface area contributed by atoms with Crippen LogP contribution in [0, 0.1) is 23.7 Å². The van der Waals surface area contributed by atoms with Gasteiger partial charge in [0.1, 0.15) is 0 Å². The number of imide groups is 1. The third-order valence-electron chi connectivity index (χ3n) is 4.86. The smallest absolute Gasteiger partial charge is 0.235 e. The van der Waals surface area contributed by atoms with Gasteiger partial charge in [-0.2, -0.15) is 0 Å². The van der Waals surface area contributed by atoms with Gasteiger partial charge in [-0.05, 0) is 30.4 Å². The number of fused-ring (bicyclic) bond motifs is 5. The molecule has 2 fully saturated rings. The zero-order chi connectivity index (χ0) is 14.6. The fraction of sp³-hybridized carbons (Fsp3) is 0.375. The molecule has 21 heavy (non-hydrogen) atoms. The van der Waals surface area contributed by atoms with Gasteiger partial charge in [-0.1, -0.05) is 35.9 Å². The fourth-order valence-corrected chi connectivity index (χ4v) is 4.09. The first-order valence-electron chi connectivity index (χ1n) is 7.19. The van der Waals surface area contributed by atoms with E-state index in [0.29, 0.717) is 5.02 Å². The minimum Gasteiger partial charge on any atom is -0.366 e. The van der Waals surface area contributed by atoms with E-state index in [0.717, 1.165) is 12.1 Å². The normalized spacial score (nSPS) is 32.9. The molecule has 1 saturated heterocycles. The van der Waals surface area contributed by atoms with Gasteiger partial charge in [0.05, 0.1) is 29.2 Å². The number of nitrogens with one attached hydrogen (secondary N) is 1. The molecule has 0 aromatic heterocycles. The van der Waals surface area contributed by atoms with Gasteiger partial charge in [0.2, 0.25) is 11.8 Å². The molecule has 4 atom stereocenters. The molecule has 1 saturated carbocycles. The van der Waals surface area contributed by atoms with Crippen LogP contribution in [0.1, 0.15) is 6.42 Å². The van der Waals surface area contributed by atoms with E-state index in [1.54, 1.807) is 6.07 Å². The number of carbonyl (C=O) groups is 2. The Balaban J connectivity index is 1.51. The van der Waals surface area contributed by atoms with Gasteiger partial charge in [-0.25, -0.2) is 0 Å². The van der Waals surface area contributed by atoms with E-state index in [4.69, 9.17) is 11.6 Å². The Morgan fingerprint density at radius 2 is 1.71 bits per heavy atom. The number of benzene rings is 1. The van der Waals surface area contributed by atoms with Crippen LogP contribution in [0.25, 0.3) is 0 Å². The first-order chi connectivity index (χ1) is 10.2. The summed E-state index contributed by atoms with van der Waals surface area (Å²) in [6, 6.07) is 7.31. The van der Waals surface area contributed by atoms with Crippen LogP contribution >= 0.6 is 11.6 Å². The Morgan fingerprint density at radius 3 is 2.33 bits per heavy atom. The number of hydrogen-bond acceptors (Lipinski definition) is 3. The number of amides is 2. The Labute approximate surface area is 127 Å². The summed E-state index contributed by atoms with van der Waals surface area (Å²) in [5.74, 6) is 0.146. The standard InChI is InChI=1S/C16H15ClN2O2/c17-11-3-1-2-4-12(11)18-8-19-15(20)13-9-5-6-10(7-9)14(13)16(19)21/h1-6,9-10,13-14,18H,7-8H2/t9-,10-,13-,14+/m0/s1. The maximum Gasteiger partial charge on any atom is 0.235 e. The molecular weight excluding hydrogens is 288 g/mol. The SMILES string of the molecule is O=C1[C@@H]2[C@H](C(=O)N1CNc1ccccc1Cl)[C@H]1C=C[C@H]2C1. The van der Waals surface area contributed by atoms with Crippen molar-refractivity contribution in [2.45, 2.75) is 6.42 Å². The lowest BCUT2D eigenvalue weighted by atomic mass is 9.85. The minimum atomic E-state index is -0.138. The molecule has 1 aromatic carbocycles. The van der Waals surface area contributed by atoms with Crippen LogP contribution in [-0.2, 0) is 9.59 Å². The van der Waals surface area contributed by atoms with Crippen LogP contribution in [0.5, 0.6) is 0 Å². The predicted octanol–water partition coefficient (Wildman–Crippen LogP) is 2.52. The van der Waals surface area contributed by atoms with Crippen LogP contribution in [0.15, 0.2) is 36.4 Å². The van der Waals surface area contributed by atoms with Crippen LogP contribution in [0.3, 0.4) is 0 Å². The Kier molecular flexibility index (Phi) is 2.82. The molecule has 1 heterocycles. The van der Waals surface area contributed by atoms with Crippen molar-refractivity contribution in [1.29, 1.82) is 0 Å². The van der Waals surface area contributed by atoms with Gasteiger partial charge in [0.25, 0.3) is 0 Å². The highest BCUT2D eigenvalue weighted by Gasteiger charge is 2.59. The summed E-state index contributed by atoms with van der Waals surface area (Å²) in [6.07, 6.45) is 5.16. The zero-order valence-electron chi connectivity index (χ0n) is 11.3. The van der Waals surface area contributed by atoms with Gasteiger partial charge in [-0.15, -0.1) is 0 Å². The highest BCUT2D eigenvalue weighted by Crippen LogP contribution is 2.52. The summed E-state index contributed by atoms with van der Waals surface area (Å²) in [6.45, 7) is 0.188. The van der Waals surface area contributed by atoms with Crippen LogP contribution in [-0.4, -0.2) is 23.4 Å². The molecule has 0 unspecified atom stereocenters. The molecule has 2 amide bonds. The molecule has 1 aromatic rings. The maximum absolute atomic E-state index is 12.5. The lowest BCUT2D eigenvalue weighted by molar-refractivity contribution is -0.140. The molecule has 3 aliphatic rings. The Morgan fingerprint density at radius 1 is 1.10 bits per heavy atom. The second kappa shape index (κ2) is 4.60. The van der Waals surface area contributed by atoms with Gasteiger partial charge in [0.15, 0.2) is 0 Å². The van der Waals surface area contributed by atoms with Crippen molar-refractivity contribution >= 4 is 29.1 Å². The molecule has 1 N–H and O–H groups in total. The summed E-state index contributed by atoms with van der Waals surface area (Å²) >= 11 is 6.07. The number of rotatable bonds is 3. The van der Waals surface area contributed by atoms with Crippen LogP contribution in [0.2, 0.25) is 5.02 Å². The zero-order valence-corrected chi connectivity index (χ0v) is 12.1. The maximum atomic E-state index is 12.5. The molecule has 0 spiro atoms. The first-order valence-corrected chi connectivity index (χ1v) is 7.56. The van der Waals surface area contributed by atoms with Crippen molar-refractivity contribution in [2.75, 3.05) is 12.0 Å². The summed E-state index contributed by atoms with van der Waals surface area (Å²) < 4.78 is 0. The quantitative estimate of drug-likeness (QED) is 0.689. The number of hydrogen-bond donors (Lipinski definition) is 1. The van der Waals surface area contributed by atoms with Gasteiger partial charge in [-0.3, -0.25) is 14.5 Å². The molecule has 2 aliphatic carbocycles. The summed E-state index contributed by atoms with van der Waals surface area (Å²) in [7, 11) is 0. The Hall–Kier alpha value is -1.81. The number of likely N-dealkylation sites (tertiary alicyclic amines) is 1. The van der Waals surface area contributed by atoms with E-state index in [1.165, 1.54) is 4.90 Å². The lowest BCUT2D eigenvalue weighted by Crippen LogP contribution is -2.37. The van der Waals surface area contributed by atoms with Gasteiger partial charge >= 0.3 is 0 Å². The largest absolute Gasteiger partial charge is 0.366 e. The first kappa shape index (κ1) is 12.9. The number of para-hydroxylation sites is 1. The average molecular weight is 303 g/mol. The molecule has 4 nitrogen and oxygen atoms in total. The monoisotopic (exact) mass is 302 g/mol. The van der Waals surface area contributed by atoms with Gasteiger partial charge in [0, 0.05) is 0 Å². The van der Waals surface area contributed by atoms with E-state index in [1.807, 2.05) is 18.2 Å². The summed E-state index contributed by atoms with van der Waals surface area (Å²) in [4.78, 5) is 26.3. The molecule has 1 aliphatic heterocycles. The number of anilines is 1. The van der Waals surface area contributed by atoms with E-state index in [9.17, 15) is 9.59 Å². The lowest BCUT2D eigenvalue weighted by Gasteiger charge is -2.18. The van der Waals surface area contributed by atoms with Crippen molar-refractivity contribution in [3.63, 3.8) is 0 Å². The highest BCUT2D eigenvalue weighted by atomic mass is 35.5. The fourth-order valence-electron chi connectivity index (χ4n) is 3.89. The van der Waals surface area contributed by atoms with Crippen molar-refractivity contribution in [1.82, 2.24) is 4.90 Å². The van der Waals surface area contributed by atoms with Crippen molar-refractivity contribution < 1.29 is 9.59 Å². The van der Waals surface area contributed by atoms with E-state index in [-0.39, 0.29) is 42.2 Å². The minimum absolute atomic E-state index is 0.0404. The van der Waals surface area contributed by atoms with E-state index < -0.39 is 0 Å². The average Bonchev–Trinajstić information content (AvgIpc) is 3.14. The number of carbonyl (C=O) groups excluding carboxylic acids is 2. The molecule has 2 bridgehead atoms. The second-order valence-electron chi connectivity index (χ2n) is 5.92.